The lowest BCUT2D eigenvalue weighted by molar-refractivity contribution is 0.0939. The van der Waals surface area contributed by atoms with Crippen LogP contribution in [0.1, 0.15) is 36.2 Å². The largest absolute Gasteiger partial charge is 0.370 e. The maximum atomic E-state index is 12.0. The van der Waals surface area contributed by atoms with E-state index in [2.05, 4.69) is 15.6 Å². The highest BCUT2D eigenvalue weighted by molar-refractivity contribution is 5.94. The first-order valence-electron chi connectivity index (χ1n) is 8.10. The molecule has 0 saturated heterocycles. The lowest BCUT2D eigenvalue weighted by Gasteiger charge is -2.11. The number of aliphatic imine (C=N–C) groups is 1. The highest BCUT2D eigenvalue weighted by Crippen LogP contribution is 2.08. The van der Waals surface area contributed by atoms with E-state index in [4.69, 9.17) is 5.73 Å². The number of hydrogen-bond donors (Lipinski definition) is 3. The minimum atomic E-state index is -0.0512. The number of hydrogen-bond acceptors (Lipinski definition) is 2. The van der Waals surface area contributed by atoms with Crippen LogP contribution in [-0.2, 0) is 6.54 Å². The van der Waals surface area contributed by atoms with Gasteiger partial charge in [-0.25, -0.2) is 4.99 Å². The first-order chi connectivity index (χ1) is 11.6. The lowest BCUT2D eigenvalue weighted by atomic mass is 10.1. The fraction of sp³-hybridized carbons (Fsp3) is 0.263. The molecule has 0 aliphatic heterocycles. The molecule has 0 bridgehead atoms. The fourth-order valence-corrected chi connectivity index (χ4v) is 2.06. The molecular weight excluding hydrogens is 300 g/mol. The SMILES string of the molecule is CCC(C)NC(=O)c1ccc(CN=C(N)Nc2ccccc2)cc1. The molecular formula is C19H24N4O. The molecule has 2 rings (SSSR count). The average molecular weight is 324 g/mol. The molecule has 2 aromatic rings. The molecule has 5 nitrogen and oxygen atoms in total. The second-order valence-corrected chi connectivity index (χ2v) is 5.67. The van der Waals surface area contributed by atoms with Gasteiger partial charge in [0.15, 0.2) is 5.96 Å². The molecule has 4 N–H and O–H groups in total. The van der Waals surface area contributed by atoms with Crippen molar-refractivity contribution in [1.82, 2.24) is 5.32 Å². The Labute approximate surface area is 143 Å². The van der Waals surface area contributed by atoms with E-state index in [0.717, 1.165) is 17.7 Å². The van der Waals surface area contributed by atoms with Gasteiger partial charge in [-0.15, -0.1) is 0 Å². The first kappa shape index (κ1) is 17.5. The van der Waals surface area contributed by atoms with Crippen LogP contribution in [0.2, 0.25) is 0 Å². The molecule has 2 aromatic carbocycles. The quantitative estimate of drug-likeness (QED) is 0.564. The number of amides is 1. The summed E-state index contributed by atoms with van der Waals surface area (Å²) in [5, 5.41) is 5.98. The van der Waals surface area contributed by atoms with Gasteiger partial charge in [-0.3, -0.25) is 4.79 Å². The van der Waals surface area contributed by atoms with Crippen LogP contribution in [-0.4, -0.2) is 17.9 Å². The maximum absolute atomic E-state index is 12.0. The van der Waals surface area contributed by atoms with E-state index in [1.165, 1.54) is 0 Å². The van der Waals surface area contributed by atoms with E-state index < -0.39 is 0 Å². The van der Waals surface area contributed by atoms with Gasteiger partial charge < -0.3 is 16.4 Å². The third kappa shape index (κ3) is 5.43. The summed E-state index contributed by atoms with van der Waals surface area (Å²) in [5.41, 5.74) is 8.42. The van der Waals surface area contributed by atoms with E-state index in [0.29, 0.717) is 18.1 Å². The standard InChI is InChI=1S/C19H24N4O/c1-3-14(2)22-18(24)16-11-9-15(10-12-16)13-21-19(20)23-17-7-5-4-6-8-17/h4-12,14H,3,13H2,1-2H3,(H,22,24)(H3,20,21,23). The second-order valence-electron chi connectivity index (χ2n) is 5.67. The van der Waals surface area contributed by atoms with Gasteiger partial charge in [-0.05, 0) is 43.2 Å². The molecule has 0 saturated carbocycles. The Bertz CT molecular complexity index is 680. The summed E-state index contributed by atoms with van der Waals surface area (Å²) in [5.74, 6) is 0.310. The van der Waals surface area contributed by atoms with Crippen LogP contribution in [0.5, 0.6) is 0 Å². The van der Waals surface area contributed by atoms with E-state index in [1.54, 1.807) is 0 Å². The van der Waals surface area contributed by atoms with Crippen molar-refractivity contribution in [1.29, 1.82) is 0 Å². The Morgan fingerprint density at radius 3 is 2.42 bits per heavy atom. The topological polar surface area (TPSA) is 79.5 Å². The third-order valence-corrected chi connectivity index (χ3v) is 3.68. The van der Waals surface area contributed by atoms with Crippen molar-refractivity contribution in [2.24, 2.45) is 10.7 Å². The smallest absolute Gasteiger partial charge is 0.251 e. The molecule has 0 radical (unpaired) electrons. The summed E-state index contributed by atoms with van der Waals surface area (Å²) >= 11 is 0. The number of para-hydroxylation sites is 1. The number of nitrogens with two attached hydrogens (primary N) is 1. The van der Waals surface area contributed by atoms with Crippen LogP contribution in [0.15, 0.2) is 59.6 Å². The molecule has 1 unspecified atom stereocenters. The monoisotopic (exact) mass is 324 g/mol. The van der Waals surface area contributed by atoms with Gasteiger partial charge in [-0.1, -0.05) is 37.3 Å². The van der Waals surface area contributed by atoms with Gasteiger partial charge in [0.2, 0.25) is 0 Å². The van der Waals surface area contributed by atoms with Crippen LogP contribution < -0.4 is 16.4 Å². The van der Waals surface area contributed by atoms with E-state index in [9.17, 15) is 4.79 Å². The molecule has 0 fully saturated rings. The summed E-state index contributed by atoms with van der Waals surface area (Å²) in [4.78, 5) is 16.3. The fourth-order valence-electron chi connectivity index (χ4n) is 2.06. The van der Waals surface area contributed by atoms with Gasteiger partial charge in [0.1, 0.15) is 0 Å². The normalized spacial score (nSPS) is 12.5. The number of carbonyl (C=O) groups is 1. The summed E-state index contributed by atoms with van der Waals surface area (Å²) in [6, 6.07) is 17.2. The number of rotatable bonds is 6. The Morgan fingerprint density at radius 1 is 1.12 bits per heavy atom. The van der Waals surface area contributed by atoms with Crippen LogP contribution in [0, 0.1) is 0 Å². The van der Waals surface area contributed by atoms with Crippen molar-refractivity contribution in [3.05, 3.63) is 65.7 Å². The molecule has 0 heterocycles. The van der Waals surface area contributed by atoms with Crippen molar-refractivity contribution in [2.75, 3.05) is 5.32 Å². The molecule has 0 spiro atoms. The predicted octanol–water partition coefficient (Wildman–Crippen LogP) is 3.14. The average Bonchev–Trinajstić information content (AvgIpc) is 2.61. The van der Waals surface area contributed by atoms with Crippen molar-refractivity contribution in [2.45, 2.75) is 32.9 Å². The van der Waals surface area contributed by atoms with Crippen LogP contribution in [0.4, 0.5) is 5.69 Å². The molecule has 5 heteroatoms. The summed E-state index contributed by atoms with van der Waals surface area (Å²) in [7, 11) is 0. The second kappa shape index (κ2) is 8.72. The number of benzene rings is 2. The van der Waals surface area contributed by atoms with Crippen LogP contribution in [0.3, 0.4) is 0 Å². The number of carbonyl (C=O) groups excluding carboxylic acids is 1. The first-order valence-corrected chi connectivity index (χ1v) is 8.10. The minimum absolute atomic E-state index is 0.0512. The summed E-state index contributed by atoms with van der Waals surface area (Å²) in [6.45, 7) is 4.49. The molecule has 0 aromatic heterocycles. The van der Waals surface area contributed by atoms with Crippen molar-refractivity contribution >= 4 is 17.6 Å². The van der Waals surface area contributed by atoms with Crippen molar-refractivity contribution in [3.8, 4) is 0 Å². The van der Waals surface area contributed by atoms with E-state index >= 15 is 0 Å². The number of anilines is 1. The van der Waals surface area contributed by atoms with E-state index in [1.807, 2.05) is 68.4 Å². The molecule has 0 aliphatic carbocycles. The van der Waals surface area contributed by atoms with Crippen LogP contribution in [0.25, 0.3) is 0 Å². The Morgan fingerprint density at radius 2 is 1.79 bits per heavy atom. The van der Waals surface area contributed by atoms with Crippen LogP contribution >= 0.6 is 0 Å². The molecule has 24 heavy (non-hydrogen) atoms. The zero-order valence-electron chi connectivity index (χ0n) is 14.1. The summed E-state index contributed by atoms with van der Waals surface area (Å²) in [6.07, 6.45) is 0.909. The molecule has 1 atom stereocenters. The zero-order valence-corrected chi connectivity index (χ0v) is 14.1. The van der Waals surface area contributed by atoms with Gasteiger partial charge in [0, 0.05) is 17.3 Å². The zero-order chi connectivity index (χ0) is 17.4. The third-order valence-electron chi connectivity index (χ3n) is 3.68. The Balaban J connectivity index is 1.91. The minimum Gasteiger partial charge on any atom is -0.370 e. The molecule has 1 amide bonds. The van der Waals surface area contributed by atoms with Gasteiger partial charge >= 0.3 is 0 Å². The summed E-state index contributed by atoms with van der Waals surface area (Å²) < 4.78 is 0. The Kier molecular flexibility index (Phi) is 6.37. The van der Waals surface area contributed by atoms with Crippen molar-refractivity contribution < 1.29 is 4.79 Å². The Hall–Kier alpha value is -2.82. The van der Waals surface area contributed by atoms with Gasteiger partial charge in [0.25, 0.3) is 5.91 Å². The molecule has 0 aliphatic rings. The van der Waals surface area contributed by atoms with Gasteiger partial charge in [-0.2, -0.15) is 0 Å². The van der Waals surface area contributed by atoms with E-state index in [-0.39, 0.29) is 11.9 Å². The number of guanidine groups is 1. The van der Waals surface area contributed by atoms with Crippen molar-refractivity contribution in [3.63, 3.8) is 0 Å². The highest BCUT2D eigenvalue weighted by atomic mass is 16.1. The molecule has 126 valence electrons. The number of nitrogens with one attached hydrogen (secondary N) is 2. The predicted molar refractivity (Wildman–Crippen MR) is 99.1 cm³/mol. The highest BCUT2D eigenvalue weighted by Gasteiger charge is 2.07. The van der Waals surface area contributed by atoms with Gasteiger partial charge in [0.05, 0.1) is 6.54 Å². The lowest BCUT2D eigenvalue weighted by Crippen LogP contribution is -2.31. The maximum Gasteiger partial charge on any atom is 0.251 e. The number of nitrogens with zero attached hydrogens (tertiary/aromatic N) is 1.